The Hall–Kier alpha value is -2.00. The lowest BCUT2D eigenvalue weighted by Gasteiger charge is -2.15. The van der Waals surface area contributed by atoms with Crippen LogP contribution in [-0.2, 0) is 6.42 Å². The summed E-state index contributed by atoms with van der Waals surface area (Å²) in [5, 5.41) is 3.56. The molecule has 1 fully saturated rings. The van der Waals surface area contributed by atoms with Crippen LogP contribution in [0.4, 0.5) is 0 Å². The molecule has 3 rings (SSSR count). The van der Waals surface area contributed by atoms with Gasteiger partial charge in [0.1, 0.15) is 0 Å². The van der Waals surface area contributed by atoms with Crippen LogP contribution in [0.25, 0.3) is 0 Å². The van der Waals surface area contributed by atoms with Gasteiger partial charge in [0.15, 0.2) is 11.5 Å². The van der Waals surface area contributed by atoms with Crippen molar-refractivity contribution < 1.29 is 9.47 Å². The van der Waals surface area contributed by atoms with E-state index in [-0.39, 0.29) is 0 Å². The summed E-state index contributed by atoms with van der Waals surface area (Å²) in [7, 11) is 1.70. The monoisotopic (exact) mass is 311 g/mol. The Morgan fingerprint density at radius 1 is 1.09 bits per heavy atom. The first kappa shape index (κ1) is 15.9. The Labute approximate surface area is 138 Å². The maximum atomic E-state index is 5.93. The van der Waals surface area contributed by atoms with Gasteiger partial charge in [-0.15, -0.1) is 0 Å². The van der Waals surface area contributed by atoms with E-state index in [4.69, 9.17) is 9.47 Å². The standard InChI is InChI=1S/C20H25NO2/c1-15-12-18(21-14-15)17-8-9-19(20(13-17)22-2)23-11-10-16-6-4-3-5-7-16/h3-9,13,15,18,21H,10-12,14H2,1-2H3. The van der Waals surface area contributed by atoms with Crippen LogP contribution in [0.2, 0.25) is 0 Å². The van der Waals surface area contributed by atoms with Gasteiger partial charge in [0.05, 0.1) is 13.7 Å². The number of rotatable bonds is 6. The van der Waals surface area contributed by atoms with E-state index in [9.17, 15) is 0 Å². The summed E-state index contributed by atoms with van der Waals surface area (Å²) in [6.45, 7) is 4.02. The molecule has 0 amide bonds. The minimum atomic E-state index is 0.428. The van der Waals surface area contributed by atoms with Crippen LogP contribution in [0.5, 0.6) is 11.5 Å². The highest BCUT2D eigenvalue weighted by atomic mass is 16.5. The fourth-order valence-corrected chi connectivity index (χ4v) is 3.11. The van der Waals surface area contributed by atoms with Crippen LogP contribution in [-0.4, -0.2) is 20.3 Å². The maximum absolute atomic E-state index is 5.93. The largest absolute Gasteiger partial charge is 0.493 e. The lowest BCUT2D eigenvalue weighted by atomic mass is 10.0. The average molecular weight is 311 g/mol. The Kier molecular flexibility index (Phi) is 5.19. The molecule has 1 heterocycles. The third-order valence-corrected chi connectivity index (χ3v) is 4.43. The van der Waals surface area contributed by atoms with Crippen molar-refractivity contribution in [1.82, 2.24) is 5.32 Å². The normalized spacial score (nSPS) is 20.4. The first-order chi connectivity index (χ1) is 11.3. The van der Waals surface area contributed by atoms with Crippen molar-refractivity contribution in [2.24, 2.45) is 5.92 Å². The second kappa shape index (κ2) is 7.51. The van der Waals surface area contributed by atoms with Crippen molar-refractivity contribution in [2.45, 2.75) is 25.8 Å². The molecule has 0 bridgehead atoms. The molecule has 1 aliphatic heterocycles. The molecule has 2 atom stereocenters. The first-order valence-electron chi connectivity index (χ1n) is 8.34. The highest BCUT2D eigenvalue weighted by Gasteiger charge is 2.22. The first-order valence-corrected chi connectivity index (χ1v) is 8.34. The van der Waals surface area contributed by atoms with Crippen LogP contribution in [0.3, 0.4) is 0 Å². The molecule has 3 nitrogen and oxygen atoms in total. The number of benzene rings is 2. The summed E-state index contributed by atoms with van der Waals surface area (Å²) < 4.78 is 11.4. The van der Waals surface area contributed by atoms with Gasteiger partial charge in [0.25, 0.3) is 0 Å². The molecule has 0 spiro atoms. The minimum absolute atomic E-state index is 0.428. The third-order valence-electron chi connectivity index (χ3n) is 4.43. The lowest BCUT2D eigenvalue weighted by Crippen LogP contribution is -2.13. The molecule has 2 aromatic rings. The fourth-order valence-electron chi connectivity index (χ4n) is 3.11. The fraction of sp³-hybridized carbons (Fsp3) is 0.400. The Balaban J connectivity index is 1.63. The Morgan fingerprint density at radius 3 is 2.61 bits per heavy atom. The van der Waals surface area contributed by atoms with E-state index in [1.165, 1.54) is 17.5 Å². The number of hydrogen-bond acceptors (Lipinski definition) is 3. The highest BCUT2D eigenvalue weighted by molar-refractivity contribution is 5.44. The molecule has 0 radical (unpaired) electrons. The van der Waals surface area contributed by atoms with E-state index in [1.54, 1.807) is 7.11 Å². The molecule has 0 aliphatic carbocycles. The van der Waals surface area contributed by atoms with Crippen LogP contribution >= 0.6 is 0 Å². The third kappa shape index (κ3) is 4.05. The summed E-state index contributed by atoms with van der Waals surface area (Å²) in [4.78, 5) is 0. The van der Waals surface area contributed by atoms with E-state index in [0.717, 1.165) is 30.4 Å². The zero-order valence-electron chi connectivity index (χ0n) is 13.9. The number of methoxy groups -OCH3 is 1. The predicted octanol–water partition coefficient (Wildman–Crippen LogP) is 3.99. The molecule has 1 aliphatic rings. The molecule has 1 N–H and O–H groups in total. The van der Waals surface area contributed by atoms with Crippen molar-refractivity contribution in [3.05, 3.63) is 59.7 Å². The van der Waals surface area contributed by atoms with Gasteiger partial charge in [-0.3, -0.25) is 0 Å². The Morgan fingerprint density at radius 2 is 1.91 bits per heavy atom. The molecule has 0 saturated carbocycles. The van der Waals surface area contributed by atoms with E-state index >= 15 is 0 Å². The van der Waals surface area contributed by atoms with Crippen molar-refractivity contribution in [1.29, 1.82) is 0 Å². The number of nitrogens with one attached hydrogen (secondary N) is 1. The van der Waals surface area contributed by atoms with E-state index < -0.39 is 0 Å². The molecular weight excluding hydrogens is 286 g/mol. The van der Waals surface area contributed by atoms with Crippen molar-refractivity contribution in [3.8, 4) is 11.5 Å². The summed E-state index contributed by atoms with van der Waals surface area (Å²) in [5.74, 6) is 2.36. The molecule has 2 aromatic carbocycles. The van der Waals surface area contributed by atoms with Crippen molar-refractivity contribution >= 4 is 0 Å². The van der Waals surface area contributed by atoms with Gasteiger partial charge in [-0.05, 0) is 42.1 Å². The maximum Gasteiger partial charge on any atom is 0.161 e. The van der Waals surface area contributed by atoms with Crippen molar-refractivity contribution in [2.75, 3.05) is 20.3 Å². The second-order valence-electron chi connectivity index (χ2n) is 6.30. The topological polar surface area (TPSA) is 30.5 Å². The second-order valence-corrected chi connectivity index (χ2v) is 6.30. The number of ether oxygens (including phenoxy) is 2. The molecule has 1 saturated heterocycles. The van der Waals surface area contributed by atoms with Crippen LogP contribution < -0.4 is 14.8 Å². The summed E-state index contributed by atoms with van der Waals surface area (Å²) in [6, 6.07) is 17.1. The van der Waals surface area contributed by atoms with Gasteiger partial charge >= 0.3 is 0 Å². The molecule has 3 heteroatoms. The Bertz CT molecular complexity index is 627. The van der Waals surface area contributed by atoms with Gasteiger partial charge in [0, 0.05) is 12.5 Å². The average Bonchev–Trinajstić information content (AvgIpc) is 3.02. The molecule has 0 aromatic heterocycles. The lowest BCUT2D eigenvalue weighted by molar-refractivity contribution is 0.297. The van der Waals surface area contributed by atoms with Crippen LogP contribution in [0, 0.1) is 5.92 Å². The van der Waals surface area contributed by atoms with Gasteiger partial charge in [-0.25, -0.2) is 0 Å². The molecule has 2 unspecified atom stereocenters. The SMILES string of the molecule is COc1cc(C2CC(C)CN2)ccc1OCCc1ccccc1. The van der Waals surface area contributed by atoms with Crippen molar-refractivity contribution in [3.63, 3.8) is 0 Å². The quantitative estimate of drug-likeness (QED) is 0.875. The highest BCUT2D eigenvalue weighted by Crippen LogP contribution is 2.34. The van der Waals surface area contributed by atoms with Crippen LogP contribution in [0.15, 0.2) is 48.5 Å². The van der Waals surface area contributed by atoms with Gasteiger partial charge < -0.3 is 14.8 Å². The molecule has 23 heavy (non-hydrogen) atoms. The van der Waals surface area contributed by atoms with E-state index in [2.05, 4.69) is 48.6 Å². The summed E-state index contributed by atoms with van der Waals surface area (Å²) in [5.41, 5.74) is 2.56. The minimum Gasteiger partial charge on any atom is -0.493 e. The number of hydrogen-bond donors (Lipinski definition) is 1. The molecule has 122 valence electrons. The zero-order chi connectivity index (χ0) is 16.1. The summed E-state index contributed by atoms with van der Waals surface area (Å²) in [6.07, 6.45) is 2.07. The van der Waals surface area contributed by atoms with Gasteiger partial charge in [-0.1, -0.05) is 43.3 Å². The van der Waals surface area contributed by atoms with Crippen LogP contribution in [0.1, 0.15) is 30.5 Å². The van der Waals surface area contributed by atoms with E-state index in [1.807, 2.05) is 12.1 Å². The van der Waals surface area contributed by atoms with Gasteiger partial charge in [-0.2, -0.15) is 0 Å². The van der Waals surface area contributed by atoms with Gasteiger partial charge in [0.2, 0.25) is 0 Å². The summed E-state index contributed by atoms with van der Waals surface area (Å²) >= 11 is 0. The molecular formula is C20H25NO2. The zero-order valence-corrected chi connectivity index (χ0v) is 13.9. The van der Waals surface area contributed by atoms with E-state index in [0.29, 0.717) is 12.6 Å². The smallest absolute Gasteiger partial charge is 0.161 e. The predicted molar refractivity (Wildman–Crippen MR) is 93.2 cm³/mol.